The monoisotopic (exact) mass is 414 g/mol. The van der Waals surface area contributed by atoms with Crippen LogP contribution >= 0.6 is 0 Å². The minimum absolute atomic E-state index is 0.00919. The molecule has 1 saturated heterocycles. The smallest absolute Gasteiger partial charge is 0.256 e. The van der Waals surface area contributed by atoms with E-state index in [4.69, 9.17) is 0 Å². The van der Waals surface area contributed by atoms with E-state index in [2.05, 4.69) is 9.88 Å². The number of hydrogen-bond acceptors (Lipinski definition) is 4. The van der Waals surface area contributed by atoms with Gasteiger partial charge >= 0.3 is 0 Å². The molecule has 0 spiro atoms. The van der Waals surface area contributed by atoms with Gasteiger partial charge in [-0.05, 0) is 37.0 Å². The summed E-state index contributed by atoms with van der Waals surface area (Å²) >= 11 is 0. The van der Waals surface area contributed by atoms with E-state index in [1.54, 1.807) is 12.3 Å². The molecule has 6 heteroatoms. The highest BCUT2D eigenvalue weighted by Crippen LogP contribution is 2.29. The first-order valence-corrected chi connectivity index (χ1v) is 11.0. The van der Waals surface area contributed by atoms with Crippen molar-refractivity contribution in [3.8, 4) is 11.1 Å². The normalized spacial score (nSPS) is 16.1. The summed E-state index contributed by atoms with van der Waals surface area (Å²) in [5.74, 6) is 0.980. The molecular formula is C25H26N4O2. The molecular weight excluding hydrogens is 388 g/mol. The molecule has 6 nitrogen and oxygen atoms in total. The highest BCUT2D eigenvalue weighted by atomic mass is 16.2. The van der Waals surface area contributed by atoms with Gasteiger partial charge < -0.3 is 14.4 Å². The van der Waals surface area contributed by atoms with Crippen molar-refractivity contribution in [2.75, 3.05) is 31.1 Å². The molecule has 0 unspecified atom stereocenters. The first-order valence-electron chi connectivity index (χ1n) is 11.0. The minimum Gasteiger partial charge on any atom is -0.353 e. The van der Waals surface area contributed by atoms with Crippen LogP contribution in [0.3, 0.4) is 0 Å². The van der Waals surface area contributed by atoms with Crippen LogP contribution in [0.15, 0.2) is 65.6 Å². The Hall–Kier alpha value is -3.41. The number of nitrogens with zero attached hydrogens (tertiary/aromatic N) is 4. The molecule has 2 aromatic heterocycles. The van der Waals surface area contributed by atoms with Crippen LogP contribution in [-0.2, 0) is 13.0 Å². The molecule has 4 heterocycles. The number of pyridine rings is 2. The maximum atomic E-state index is 13.8. The average Bonchev–Trinajstić information content (AvgIpc) is 2.85. The quantitative estimate of drug-likeness (QED) is 0.660. The average molecular weight is 415 g/mol. The number of rotatable bonds is 3. The van der Waals surface area contributed by atoms with Crippen LogP contribution in [0, 0.1) is 0 Å². The highest BCUT2D eigenvalue weighted by molar-refractivity contribution is 6.02. The van der Waals surface area contributed by atoms with Gasteiger partial charge in [-0.3, -0.25) is 9.59 Å². The lowest BCUT2D eigenvalue weighted by Crippen LogP contribution is -2.49. The van der Waals surface area contributed by atoms with E-state index in [1.807, 2.05) is 58.0 Å². The summed E-state index contributed by atoms with van der Waals surface area (Å²) < 4.78 is 1.81. The Morgan fingerprint density at radius 3 is 2.39 bits per heavy atom. The van der Waals surface area contributed by atoms with Gasteiger partial charge in [-0.15, -0.1) is 0 Å². The number of amides is 1. The number of hydrogen-bond donors (Lipinski definition) is 0. The second-order valence-electron chi connectivity index (χ2n) is 8.16. The van der Waals surface area contributed by atoms with E-state index < -0.39 is 0 Å². The lowest BCUT2D eigenvalue weighted by molar-refractivity contribution is 0.0744. The van der Waals surface area contributed by atoms with Gasteiger partial charge in [0.15, 0.2) is 0 Å². The maximum absolute atomic E-state index is 13.8. The molecule has 2 aliphatic rings. The van der Waals surface area contributed by atoms with Gasteiger partial charge in [-0.1, -0.05) is 36.4 Å². The molecule has 1 fully saturated rings. The second-order valence-corrected chi connectivity index (χ2v) is 8.16. The molecule has 0 N–H and O–H groups in total. The van der Waals surface area contributed by atoms with Crippen LogP contribution in [0.5, 0.6) is 0 Å². The van der Waals surface area contributed by atoms with E-state index in [-0.39, 0.29) is 11.5 Å². The number of aromatic nitrogens is 2. The van der Waals surface area contributed by atoms with Crippen LogP contribution < -0.4 is 10.5 Å². The number of piperazine rings is 1. The predicted octanol–water partition coefficient (Wildman–Crippen LogP) is 3.21. The predicted molar refractivity (Wildman–Crippen MR) is 121 cm³/mol. The van der Waals surface area contributed by atoms with Gasteiger partial charge in [-0.2, -0.15) is 0 Å². The summed E-state index contributed by atoms with van der Waals surface area (Å²) in [5, 5.41) is 0. The summed E-state index contributed by atoms with van der Waals surface area (Å²) in [5.41, 5.74) is 3.27. The summed E-state index contributed by atoms with van der Waals surface area (Å²) in [6.07, 6.45) is 4.55. The van der Waals surface area contributed by atoms with Crippen molar-refractivity contribution in [1.29, 1.82) is 0 Å². The second kappa shape index (κ2) is 8.38. The molecule has 0 aliphatic carbocycles. The van der Waals surface area contributed by atoms with E-state index >= 15 is 0 Å². The Kier molecular flexibility index (Phi) is 5.28. The first-order chi connectivity index (χ1) is 15.2. The fourth-order valence-electron chi connectivity index (χ4n) is 4.69. The molecule has 0 saturated carbocycles. The van der Waals surface area contributed by atoms with E-state index in [9.17, 15) is 9.59 Å². The largest absolute Gasteiger partial charge is 0.353 e. The molecule has 158 valence electrons. The molecule has 2 aliphatic heterocycles. The molecule has 1 amide bonds. The van der Waals surface area contributed by atoms with Crippen LogP contribution in [0.25, 0.3) is 11.1 Å². The van der Waals surface area contributed by atoms with Gasteiger partial charge in [0.05, 0.1) is 5.56 Å². The van der Waals surface area contributed by atoms with Crippen molar-refractivity contribution in [2.45, 2.75) is 25.8 Å². The summed E-state index contributed by atoms with van der Waals surface area (Å²) in [7, 11) is 0. The molecule has 3 aromatic rings. The lowest BCUT2D eigenvalue weighted by atomic mass is 9.93. The Morgan fingerprint density at radius 1 is 0.871 bits per heavy atom. The van der Waals surface area contributed by atoms with Crippen molar-refractivity contribution < 1.29 is 4.79 Å². The zero-order valence-corrected chi connectivity index (χ0v) is 17.5. The third-order valence-corrected chi connectivity index (χ3v) is 6.30. The number of anilines is 1. The van der Waals surface area contributed by atoms with Crippen LogP contribution in [-0.4, -0.2) is 46.5 Å². The van der Waals surface area contributed by atoms with Gasteiger partial charge in [0.25, 0.3) is 11.5 Å². The van der Waals surface area contributed by atoms with Crippen LogP contribution in [0.4, 0.5) is 5.82 Å². The number of carbonyl (C=O) groups is 1. The van der Waals surface area contributed by atoms with Gasteiger partial charge in [0, 0.05) is 56.2 Å². The van der Waals surface area contributed by atoms with Crippen molar-refractivity contribution >= 4 is 11.7 Å². The first kappa shape index (κ1) is 19.5. The Morgan fingerprint density at radius 2 is 1.65 bits per heavy atom. The van der Waals surface area contributed by atoms with Crippen LogP contribution in [0.2, 0.25) is 0 Å². The fraction of sp³-hybridized carbons (Fsp3) is 0.320. The Bertz CT molecular complexity index is 1130. The van der Waals surface area contributed by atoms with Crippen LogP contribution in [0.1, 0.15) is 28.9 Å². The van der Waals surface area contributed by atoms with Gasteiger partial charge in [-0.25, -0.2) is 4.98 Å². The van der Waals surface area contributed by atoms with Gasteiger partial charge in [0.2, 0.25) is 0 Å². The third kappa shape index (κ3) is 3.74. The molecule has 0 bridgehead atoms. The topological polar surface area (TPSA) is 58.4 Å². The Balaban J connectivity index is 1.49. The molecule has 5 rings (SSSR count). The zero-order valence-electron chi connectivity index (χ0n) is 17.5. The number of fused-ring (bicyclic) bond motifs is 1. The fourth-order valence-corrected chi connectivity index (χ4v) is 4.69. The SMILES string of the molecule is O=C(c1c(-c2ccccc2)cc(=O)n2c1CCCC2)N1CCN(c2ccccn2)CC1. The van der Waals surface area contributed by atoms with E-state index in [1.165, 1.54) is 0 Å². The van der Waals surface area contributed by atoms with Crippen molar-refractivity contribution in [2.24, 2.45) is 0 Å². The Labute approximate surface area is 181 Å². The summed E-state index contributed by atoms with van der Waals surface area (Å²) in [4.78, 5) is 35.2. The summed E-state index contributed by atoms with van der Waals surface area (Å²) in [6.45, 7) is 3.47. The zero-order chi connectivity index (χ0) is 21.2. The summed E-state index contributed by atoms with van der Waals surface area (Å²) in [6, 6.07) is 17.4. The van der Waals surface area contributed by atoms with Crippen molar-refractivity contribution in [3.05, 3.63) is 82.4 Å². The van der Waals surface area contributed by atoms with Crippen molar-refractivity contribution in [1.82, 2.24) is 14.5 Å². The molecule has 0 radical (unpaired) electrons. The van der Waals surface area contributed by atoms with Crippen molar-refractivity contribution in [3.63, 3.8) is 0 Å². The molecule has 31 heavy (non-hydrogen) atoms. The van der Waals surface area contributed by atoms with E-state index in [0.717, 1.165) is 55.0 Å². The van der Waals surface area contributed by atoms with Gasteiger partial charge in [0.1, 0.15) is 5.82 Å². The third-order valence-electron chi connectivity index (χ3n) is 6.30. The lowest BCUT2D eigenvalue weighted by Gasteiger charge is -2.36. The standard InChI is InChI=1S/C25H26N4O2/c30-23-18-20(19-8-2-1-3-9-19)24(21-10-5-7-13-29(21)23)25(31)28-16-14-27(15-17-28)22-11-4-6-12-26-22/h1-4,6,8-9,11-12,18H,5,7,10,13-17H2. The maximum Gasteiger partial charge on any atom is 0.256 e. The number of carbonyl (C=O) groups excluding carboxylic acids is 1. The van der Waals surface area contributed by atoms with E-state index in [0.29, 0.717) is 25.2 Å². The molecule has 0 atom stereocenters. The minimum atomic E-state index is -0.00919. The molecule has 1 aromatic carbocycles. The highest BCUT2D eigenvalue weighted by Gasteiger charge is 2.29. The number of benzene rings is 1.